The van der Waals surface area contributed by atoms with Crippen LogP contribution in [0.5, 0.6) is 0 Å². The number of carbonyl (C=O) groups is 1. The van der Waals surface area contributed by atoms with Gasteiger partial charge in [-0.25, -0.2) is 9.66 Å². The Morgan fingerprint density at radius 2 is 2.27 bits per heavy atom. The number of aryl methyl sites for hydroxylation is 3. The first-order valence-electron chi connectivity index (χ1n) is 6.86. The van der Waals surface area contributed by atoms with Gasteiger partial charge in [0.2, 0.25) is 5.91 Å². The minimum atomic E-state index is -0.260. The first kappa shape index (κ1) is 14.5. The predicted octanol–water partition coefficient (Wildman–Crippen LogP) is 2.37. The maximum Gasteiger partial charge on any atom is 0.281 e. The summed E-state index contributed by atoms with van der Waals surface area (Å²) in [6, 6.07) is 3.59. The Morgan fingerprint density at radius 1 is 1.45 bits per heavy atom. The van der Waals surface area contributed by atoms with Crippen molar-refractivity contribution in [1.29, 1.82) is 0 Å². The van der Waals surface area contributed by atoms with E-state index in [0.29, 0.717) is 16.6 Å². The fourth-order valence-electron chi connectivity index (χ4n) is 2.20. The molecule has 0 aliphatic carbocycles. The van der Waals surface area contributed by atoms with E-state index in [1.165, 1.54) is 17.7 Å². The number of fused-ring (bicyclic) bond motifs is 1. The SMILES string of the molecule is Cc1sc2ncn(NC(=O)CCc3ccco3)c(=O)c2c1C. The largest absolute Gasteiger partial charge is 0.469 e. The van der Waals surface area contributed by atoms with Crippen LogP contribution in [-0.2, 0) is 11.2 Å². The molecule has 0 aliphatic rings. The predicted molar refractivity (Wildman–Crippen MR) is 84.8 cm³/mol. The number of hydrogen-bond acceptors (Lipinski definition) is 5. The second kappa shape index (κ2) is 5.76. The van der Waals surface area contributed by atoms with E-state index in [1.807, 2.05) is 19.9 Å². The van der Waals surface area contributed by atoms with Gasteiger partial charge in [-0.3, -0.25) is 15.0 Å². The number of amides is 1. The van der Waals surface area contributed by atoms with Crippen molar-refractivity contribution in [3.8, 4) is 0 Å². The molecule has 7 heteroatoms. The van der Waals surface area contributed by atoms with Gasteiger partial charge < -0.3 is 4.42 Å². The molecule has 3 aromatic heterocycles. The van der Waals surface area contributed by atoms with Crippen LogP contribution in [0.1, 0.15) is 22.6 Å². The molecule has 114 valence electrons. The zero-order chi connectivity index (χ0) is 15.7. The molecule has 0 unspecified atom stereocenters. The van der Waals surface area contributed by atoms with Crippen LogP contribution in [0, 0.1) is 13.8 Å². The fraction of sp³-hybridized carbons (Fsp3) is 0.267. The lowest BCUT2D eigenvalue weighted by Gasteiger charge is -2.07. The molecule has 0 aliphatic heterocycles. The van der Waals surface area contributed by atoms with Gasteiger partial charge in [0.1, 0.15) is 16.9 Å². The van der Waals surface area contributed by atoms with E-state index in [1.54, 1.807) is 12.3 Å². The third-order valence-electron chi connectivity index (χ3n) is 3.51. The van der Waals surface area contributed by atoms with Crippen molar-refractivity contribution in [3.63, 3.8) is 0 Å². The van der Waals surface area contributed by atoms with Crippen molar-refractivity contribution in [3.05, 3.63) is 51.3 Å². The van der Waals surface area contributed by atoms with E-state index in [-0.39, 0.29) is 17.9 Å². The van der Waals surface area contributed by atoms with Gasteiger partial charge in [-0.15, -0.1) is 11.3 Å². The Labute approximate surface area is 130 Å². The highest BCUT2D eigenvalue weighted by Gasteiger charge is 2.13. The summed E-state index contributed by atoms with van der Waals surface area (Å²) in [6.45, 7) is 3.84. The summed E-state index contributed by atoms with van der Waals surface area (Å²) in [5.41, 5.74) is 3.23. The zero-order valence-corrected chi connectivity index (χ0v) is 13.1. The third-order valence-corrected chi connectivity index (χ3v) is 4.63. The lowest BCUT2D eigenvalue weighted by molar-refractivity contribution is -0.117. The summed E-state index contributed by atoms with van der Waals surface area (Å²) >= 11 is 1.48. The lowest BCUT2D eigenvalue weighted by atomic mass is 10.2. The molecule has 6 nitrogen and oxygen atoms in total. The van der Waals surface area contributed by atoms with Crippen LogP contribution in [0.15, 0.2) is 33.9 Å². The Balaban J connectivity index is 1.79. The first-order valence-corrected chi connectivity index (χ1v) is 7.67. The van der Waals surface area contributed by atoms with E-state index in [0.717, 1.165) is 20.9 Å². The van der Waals surface area contributed by atoms with Crippen LogP contribution in [0.3, 0.4) is 0 Å². The lowest BCUT2D eigenvalue weighted by Crippen LogP contribution is -2.33. The molecule has 3 heterocycles. The summed E-state index contributed by atoms with van der Waals surface area (Å²) in [5.74, 6) is 0.477. The maximum absolute atomic E-state index is 12.4. The van der Waals surface area contributed by atoms with Crippen LogP contribution < -0.4 is 11.0 Å². The molecule has 0 aromatic carbocycles. The summed E-state index contributed by atoms with van der Waals surface area (Å²) in [4.78, 5) is 30.4. The van der Waals surface area contributed by atoms with E-state index in [4.69, 9.17) is 4.42 Å². The molecule has 0 saturated carbocycles. The maximum atomic E-state index is 12.4. The van der Waals surface area contributed by atoms with Gasteiger partial charge in [0.25, 0.3) is 5.56 Å². The molecular formula is C15H15N3O3S. The normalized spacial score (nSPS) is 11.0. The first-order chi connectivity index (χ1) is 10.6. The van der Waals surface area contributed by atoms with Crippen molar-refractivity contribution < 1.29 is 9.21 Å². The monoisotopic (exact) mass is 317 g/mol. The Bertz CT molecular complexity index is 877. The molecule has 0 atom stereocenters. The summed E-state index contributed by atoms with van der Waals surface area (Å²) in [6.07, 6.45) is 3.64. The van der Waals surface area contributed by atoms with Gasteiger partial charge in [-0.05, 0) is 31.5 Å². The molecule has 1 N–H and O–H groups in total. The number of aromatic nitrogens is 2. The van der Waals surface area contributed by atoms with E-state index in [2.05, 4.69) is 10.4 Å². The van der Waals surface area contributed by atoms with Gasteiger partial charge in [0, 0.05) is 17.7 Å². The van der Waals surface area contributed by atoms with Crippen LogP contribution in [0.2, 0.25) is 0 Å². The molecule has 0 bridgehead atoms. The number of nitrogens with zero attached hydrogens (tertiary/aromatic N) is 2. The topological polar surface area (TPSA) is 77.1 Å². The number of carbonyl (C=O) groups excluding carboxylic acids is 1. The minimum Gasteiger partial charge on any atom is -0.469 e. The van der Waals surface area contributed by atoms with Gasteiger partial charge in [0.15, 0.2) is 0 Å². The van der Waals surface area contributed by atoms with Crippen molar-refractivity contribution in [2.45, 2.75) is 26.7 Å². The van der Waals surface area contributed by atoms with Gasteiger partial charge in [-0.2, -0.15) is 0 Å². The number of nitrogens with one attached hydrogen (secondary N) is 1. The molecule has 0 spiro atoms. The summed E-state index contributed by atoms with van der Waals surface area (Å²) in [5, 5.41) is 0.566. The second-order valence-electron chi connectivity index (χ2n) is 5.00. The van der Waals surface area contributed by atoms with Crippen LogP contribution in [-0.4, -0.2) is 15.6 Å². The number of hydrogen-bond donors (Lipinski definition) is 1. The molecule has 1 amide bonds. The molecule has 3 aromatic rings. The number of furan rings is 1. The van der Waals surface area contributed by atoms with Crippen molar-refractivity contribution in [2.75, 3.05) is 5.43 Å². The molecule has 0 saturated heterocycles. The standard InChI is InChI=1S/C15H15N3O3S/c1-9-10(2)22-14-13(9)15(20)18(8-16-14)17-12(19)6-5-11-4-3-7-21-11/h3-4,7-8H,5-6H2,1-2H3,(H,17,19). The fourth-order valence-corrected chi connectivity index (χ4v) is 3.18. The smallest absolute Gasteiger partial charge is 0.281 e. The quantitative estimate of drug-likeness (QED) is 0.801. The van der Waals surface area contributed by atoms with Crippen molar-refractivity contribution >= 4 is 27.5 Å². The average molecular weight is 317 g/mol. The van der Waals surface area contributed by atoms with E-state index < -0.39 is 0 Å². The molecule has 3 rings (SSSR count). The van der Waals surface area contributed by atoms with E-state index >= 15 is 0 Å². The molecule has 0 fully saturated rings. The van der Waals surface area contributed by atoms with Crippen molar-refractivity contribution in [2.24, 2.45) is 0 Å². The van der Waals surface area contributed by atoms with Crippen LogP contribution in [0.4, 0.5) is 0 Å². The second-order valence-corrected chi connectivity index (χ2v) is 6.20. The highest BCUT2D eigenvalue weighted by atomic mass is 32.1. The van der Waals surface area contributed by atoms with Gasteiger partial charge in [0.05, 0.1) is 11.6 Å². The summed E-state index contributed by atoms with van der Waals surface area (Å²) in [7, 11) is 0. The third kappa shape index (κ3) is 2.67. The highest BCUT2D eigenvalue weighted by molar-refractivity contribution is 7.18. The highest BCUT2D eigenvalue weighted by Crippen LogP contribution is 2.25. The van der Waals surface area contributed by atoms with Crippen LogP contribution >= 0.6 is 11.3 Å². The Kier molecular flexibility index (Phi) is 3.81. The van der Waals surface area contributed by atoms with Crippen LogP contribution in [0.25, 0.3) is 10.2 Å². The number of thiophene rings is 1. The summed E-state index contributed by atoms with van der Waals surface area (Å²) < 4.78 is 6.32. The van der Waals surface area contributed by atoms with Gasteiger partial charge in [-0.1, -0.05) is 0 Å². The van der Waals surface area contributed by atoms with Gasteiger partial charge >= 0.3 is 0 Å². The molecule has 0 radical (unpaired) electrons. The zero-order valence-electron chi connectivity index (χ0n) is 12.3. The van der Waals surface area contributed by atoms with Crippen molar-refractivity contribution in [1.82, 2.24) is 9.66 Å². The van der Waals surface area contributed by atoms with E-state index in [9.17, 15) is 9.59 Å². The Hall–Kier alpha value is -2.41. The molecule has 22 heavy (non-hydrogen) atoms. The number of rotatable bonds is 4. The molecular weight excluding hydrogens is 302 g/mol. The minimum absolute atomic E-state index is 0.236. The Morgan fingerprint density at radius 3 is 3.00 bits per heavy atom. The average Bonchev–Trinajstić information content (AvgIpc) is 3.09.